The van der Waals surface area contributed by atoms with Crippen molar-refractivity contribution in [1.29, 1.82) is 0 Å². The Morgan fingerprint density at radius 3 is 2.37 bits per heavy atom. The molecule has 0 bridgehead atoms. The van der Waals surface area contributed by atoms with Gasteiger partial charge in [-0.05, 0) is 53.6 Å². The largest absolute Gasteiger partial charge is 0.497 e. The maximum Gasteiger partial charge on any atom is 0.337 e. The summed E-state index contributed by atoms with van der Waals surface area (Å²) in [5.74, 6) is -0.950. The second-order valence-corrected chi connectivity index (χ2v) is 8.11. The SMILES string of the molecule is COC(=O)c1ccc(C2c3c(oc4ccc(F)cc4c3=O)C(=O)N2Cc2ccc(OC)cc2)cc1. The number of methoxy groups -OCH3 is 2. The summed E-state index contributed by atoms with van der Waals surface area (Å²) in [6, 6.07) is 16.5. The second-order valence-electron chi connectivity index (χ2n) is 8.11. The maximum atomic E-state index is 13.9. The zero-order chi connectivity index (χ0) is 24.7. The zero-order valence-corrected chi connectivity index (χ0v) is 18.9. The summed E-state index contributed by atoms with van der Waals surface area (Å²) in [7, 11) is 2.85. The van der Waals surface area contributed by atoms with Crippen LogP contribution >= 0.6 is 0 Å². The molecular formula is C27H20FNO6. The number of amides is 1. The Morgan fingerprint density at radius 2 is 1.71 bits per heavy atom. The van der Waals surface area contributed by atoms with E-state index in [0.29, 0.717) is 16.9 Å². The van der Waals surface area contributed by atoms with E-state index in [1.165, 1.54) is 24.1 Å². The van der Waals surface area contributed by atoms with Crippen LogP contribution in [-0.4, -0.2) is 31.0 Å². The van der Waals surface area contributed by atoms with Gasteiger partial charge in [0.05, 0.1) is 36.8 Å². The van der Waals surface area contributed by atoms with Crippen molar-refractivity contribution in [2.75, 3.05) is 14.2 Å². The predicted octanol–water partition coefficient (Wildman–Crippen LogP) is 4.47. The predicted molar refractivity (Wildman–Crippen MR) is 125 cm³/mol. The van der Waals surface area contributed by atoms with Crippen LogP contribution in [0.25, 0.3) is 11.0 Å². The third kappa shape index (κ3) is 3.82. The highest BCUT2D eigenvalue weighted by Crippen LogP contribution is 2.39. The molecule has 0 fully saturated rings. The quantitative estimate of drug-likeness (QED) is 0.398. The van der Waals surface area contributed by atoms with Crippen LogP contribution in [0.4, 0.5) is 4.39 Å². The zero-order valence-electron chi connectivity index (χ0n) is 18.9. The van der Waals surface area contributed by atoms with E-state index in [0.717, 1.165) is 11.6 Å². The van der Waals surface area contributed by atoms with Crippen LogP contribution in [0.2, 0.25) is 0 Å². The summed E-state index contributed by atoms with van der Waals surface area (Å²) in [5.41, 5.74) is 1.53. The molecular weight excluding hydrogens is 453 g/mol. The number of benzene rings is 3. The lowest BCUT2D eigenvalue weighted by molar-refractivity contribution is 0.0599. The first-order valence-corrected chi connectivity index (χ1v) is 10.8. The van der Waals surface area contributed by atoms with Gasteiger partial charge >= 0.3 is 5.97 Å². The highest BCUT2D eigenvalue weighted by molar-refractivity contribution is 5.99. The smallest absolute Gasteiger partial charge is 0.337 e. The highest BCUT2D eigenvalue weighted by atomic mass is 19.1. The highest BCUT2D eigenvalue weighted by Gasteiger charge is 2.42. The van der Waals surface area contributed by atoms with E-state index in [4.69, 9.17) is 13.9 Å². The Kier molecular flexibility index (Phi) is 5.56. The molecule has 5 rings (SSSR count). The van der Waals surface area contributed by atoms with Gasteiger partial charge in [-0.3, -0.25) is 9.59 Å². The first-order valence-electron chi connectivity index (χ1n) is 10.8. The Labute approximate surface area is 199 Å². The van der Waals surface area contributed by atoms with Crippen LogP contribution in [0, 0.1) is 5.82 Å². The number of hydrogen-bond donors (Lipinski definition) is 0. The first-order chi connectivity index (χ1) is 16.9. The molecule has 1 atom stereocenters. The number of fused-ring (bicyclic) bond motifs is 2. The summed E-state index contributed by atoms with van der Waals surface area (Å²) in [4.78, 5) is 40.4. The van der Waals surface area contributed by atoms with Crippen LogP contribution < -0.4 is 10.2 Å². The molecule has 0 radical (unpaired) electrons. The molecule has 176 valence electrons. The lowest BCUT2D eigenvalue weighted by Crippen LogP contribution is -2.29. The van der Waals surface area contributed by atoms with Gasteiger partial charge in [0.1, 0.15) is 17.1 Å². The lowest BCUT2D eigenvalue weighted by Gasteiger charge is -2.25. The van der Waals surface area contributed by atoms with Crippen molar-refractivity contribution < 1.29 is 27.9 Å². The standard InChI is InChI=1S/C27H20FNO6/c1-33-19-10-3-15(4-11-19)14-29-23(16-5-7-17(8-6-16)27(32)34-2)22-24(30)20-13-18(28)9-12-21(20)35-25(22)26(29)31/h3-13,23H,14H2,1-2H3. The Balaban J connectivity index is 1.66. The summed E-state index contributed by atoms with van der Waals surface area (Å²) in [6.07, 6.45) is 0. The molecule has 8 heteroatoms. The number of ether oxygens (including phenoxy) is 2. The molecule has 4 aromatic rings. The molecule has 1 amide bonds. The molecule has 35 heavy (non-hydrogen) atoms. The van der Waals surface area contributed by atoms with E-state index >= 15 is 0 Å². The molecule has 0 saturated heterocycles. The van der Waals surface area contributed by atoms with Crippen LogP contribution in [0.1, 0.15) is 43.6 Å². The third-order valence-electron chi connectivity index (χ3n) is 6.09. The minimum atomic E-state index is -0.796. The van der Waals surface area contributed by atoms with Crippen molar-refractivity contribution in [1.82, 2.24) is 4.90 Å². The summed E-state index contributed by atoms with van der Waals surface area (Å²) >= 11 is 0. The van der Waals surface area contributed by atoms with Crippen molar-refractivity contribution >= 4 is 22.8 Å². The van der Waals surface area contributed by atoms with Gasteiger partial charge in [0.25, 0.3) is 5.91 Å². The Morgan fingerprint density at radius 1 is 1.00 bits per heavy atom. The minimum absolute atomic E-state index is 0.0547. The van der Waals surface area contributed by atoms with Crippen LogP contribution in [0.3, 0.4) is 0 Å². The molecule has 7 nitrogen and oxygen atoms in total. The summed E-state index contributed by atoms with van der Waals surface area (Å²) in [5, 5.41) is 0.0547. The lowest BCUT2D eigenvalue weighted by atomic mass is 9.97. The molecule has 1 unspecified atom stereocenters. The fourth-order valence-electron chi connectivity index (χ4n) is 4.35. The fourth-order valence-corrected chi connectivity index (χ4v) is 4.35. The molecule has 1 aromatic heterocycles. The number of nitrogens with zero attached hydrogens (tertiary/aromatic N) is 1. The van der Waals surface area contributed by atoms with Gasteiger partial charge in [-0.15, -0.1) is 0 Å². The van der Waals surface area contributed by atoms with Gasteiger partial charge in [0.15, 0.2) is 5.43 Å². The van der Waals surface area contributed by atoms with Crippen LogP contribution in [-0.2, 0) is 11.3 Å². The molecule has 0 spiro atoms. The first kappa shape index (κ1) is 22.3. The number of carbonyl (C=O) groups excluding carboxylic acids is 2. The average Bonchev–Trinajstić information content (AvgIpc) is 3.16. The number of carbonyl (C=O) groups is 2. The van der Waals surface area contributed by atoms with Crippen molar-refractivity contribution in [2.24, 2.45) is 0 Å². The van der Waals surface area contributed by atoms with Crippen molar-refractivity contribution in [3.05, 3.63) is 111 Å². The number of esters is 1. The van der Waals surface area contributed by atoms with Crippen molar-refractivity contribution in [2.45, 2.75) is 12.6 Å². The van der Waals surface area contributed by atoms with Crippen LogP contribution in [0.15, 0.2) is 75.9 Å². The number of hydrogen-bond acceptors (Lipinski definition) is 6. The van der Waals surface area contributed by atoms with E-state index in [1.807, 2.05) is 12.1 Å². The fraction of sp³-hybridized carbons (Fsp3) is 0.148. The van der Waals surface area contributed by atoms with E-state index in [9.17, 15) is 18.8 Å². The molecule has 2 heterocycles. The molecule has 0 saturated carbocycles. The summed E-state index contributed by atoms with van der Waals surface area (Å²) in [6.45, 7) is 0.181. The van der Waals surface area contributed by atoms with Gasteiger partial charge in [-0.2, -0.15) is 0 Å². The van der Waals surface area contributed by atoms with Gasteiger partial charge in [-0.1, -0.05) is 24.3 Å². The summed E-state index contributed by atoms with van der Waals surface area (Å²) < 4.78 is 29.7. The van der Waals surface area contributed by atoms with Crippen LogP contribution in [0.5, 0.6) is 5.75 Å². The number of rotatable bonds is 5. The van der Waals surface area contributed by atoms with Gasteiger partial charge in [-0.25, -0.2) is 9.18 Å². The van der Waals surface area contributed by atoms with Gasteiger partial charge < -0.3 is 18.8 Å². The van der Waals surface area contributed by atoms with E-state index in [-0.39, 0.29) is 28.8 Å². The van der Waals surface area contributed by atoms with Crippen molar-refractivity contribution in [3.63, 3.8) is 0 Å². The average molecular weight is 473 g/mol. The monoisotopic (exact) mass is 473 g/mol. The normalized spacial score (nSPS) is 14.8. The number of halogens is 1. The maximum absolute atomic E-state index is 13.9. The molecule has 3 aromatic carbocycles. The Bertz CT molecular complexity index is 1510. The topological polar surface area (TPSA) is 86.0 Å². The van der Waals surface area contributed by atoms with E-state index in [1.54, 1.807) is 43.5 Å². The van der Waals surface area contributed by atoms with E-state index < -0.39 is 29.2 Å². The molecule has 1 aliphatic rings. The molecule has 0 N–H and O–H groups in total. The Hall–Kier alpha value is -4.46. The van der Waals surface area contributed by atoms with Gasteiger partial charge in [0, 0.05) is 6.54 Å². The van der Waals surface area contributed by atoms with E-state index in [2.05, 4.69) is 0 Å². The third-order valence-corrected chi connectivity index (χ3v) is 6.09. The molecule has 1 aliphatic heterocycles. The van der Waals surface area contributed by atoms with Crippen molar-refractivity contribution in [3.8, 4) is 5.75 Å². The van der Waals surface area contributed by atoms with Gasteiger partial charge in [0.2, 0.25) is 5.76 Å². The molecule has 0 aliphatic carbocycles. The minimum Gasteiger partial charge on any atom is -0.497 e. The second kappa shape index (κ2) is 8.72.